The second-order valence-corrected chi connectivity index (χ2v) is 6.08. The Kier molecular flexibility index (Phi) is 5.16. The normalized spacial score (nSPS) is 16.8. The minimum absolute atomic E-state index is 0.140. The van der Waals surface area contributed by atoms with E-state index in [0.29, 0.717) is 18.4 Å². The van der Waals surface area contributed by atoms with Crippen molar-refractivity contribution in [3.8, 4) is 0 Å². The molecule has 1 amide bonds. The molecule has 0 aromatic heterocycles. The molecule has 120 valence electrons. The third-order valence-corrected chi connectivity index (χ3v) is 4.32. The van der Waals surface area contributed by atoms with E-state index in [9.17, 15) is 14.0 Å². The summed E-state index contributed by atoms with van der Waals surface area (Å²) in [4.78, 5) is 23.4. The molecule has 4 nitrogen and oxygen atoms in total. The molecule has 0 aliphatic heterocycles. The summed E-state index contributed by atoms with van der Waals surface area (Å²) in [6.45, 7) is 2.05. The van der Waals surface area contributed by atoms with Crippen molar-refractivity contribution < 1.29 is 19.1 Å². The van der Waals surface area contributed by atoms with Gasteiger partial charge in [-0.15, -0.1) is 0 Å². The van der Waals surface area contributed by atoms with Crippen molar-refractivity contribution in [2.45, 2.75) is 39.0 Å². The molecule has 1 aromatic rings. The van der Waals surface area contributed by atoms with Crippen LogP contribution in [-0.4, -0.2) is 23.5 Å². The molecule has 1 saturated carbocycles. The Bertz CT molecular complexity index is 555. The zero-order valence-electron chi connectivity index (χ0n) is 12.8. The minimum Gasteiger partial charge on any atom is -0.481 e. The lowest BCUT2D eigenvalue weighted by atomic mass is 9.94. The molecule has 5 heteroatoms. The lowest BCUT2D eigenvalue weighted by molar-refractivity contribution is -0.142. The highest BCUT2D eigenvalue weighted by Gasteiger charge is 2.49. The maximum Gasteiger partial charge on any atom is 0.308 e. The van der Waals surface area contributed by atoms with Crippen LogP contribution in [0.15, 0.2) is 24.3 Å². The van der Waals surface area contributed by atoms with E-state index in [1.807, 2.05) is 6.92 Å². The standard InChI is InChI=1S/C17H22FNO3/c1-2-5-13(15(20)21)11-19-16(22)17(8-9-17)10-12-6-3-4-7-14(12)18/h3-4,6-7,13H,2,5,8-11H2,1H3,(H,19,22)(H,20,21). The smallest absolute Gasteiger partial charge is 0.308 e. The highest BCUT2D eigenvalue weighted by molar-refractivity contribution is 5.86. The second kappa shape index (κ2) is 6.90. The molecule has 1 aliphatic carbocycles. The van der Waals surface area contributed by atoms with Gasteiger partial charge in [0.25, 0.3) is 0 Å². The number of nitrogens with one attached hydrogen (secondary N) is 1. The van der Waals surface area contributed by atoms with Crippen molar-refractivity contribution in [3.05, 3.63) is 35.6 Å². The number of amides is 1. The number of carbonyl (C=O) groups excluding carboxylic acids is 1. The first-order valence-corrected chi connectivity index (χ1v) is 7.73. The lowest BCUT2D eigenvalue weighted by Crippen LogP contribution is -2.38. The van der Waals surface area contributed by atoms with E-state index < -0.39 is 17.3 Å². The van der Waals surface area contributed by atoms with Gasteiger partial charge in [-0.2, -0.15) is 0 Å². The molecule has 22 heavy (non-hydrogen) atoms. The van der Waals surface area contributed by atoms with Crippen molar-refractivity contribution in [1.82, 2.24) is 5.32 Å². The highest BCUT2D eigenvalue weighted by Crippen LogP contribution is 2.48. The Balaban J connectivity index is 1.94. The van der Waals surface area contributed by atoms with E-state index in [1.165, 1.54) is 6.07 Å². The summed E-state index contributed by atoms with van der Waals surface area (Å²) in [7, 11) is 0. The minimum atomic E-state index is -0.888. The molecule has 0 bridgehead atoms. The molecule has 0 heterocycles. The van der Waals surface area contributed by atoms with Crippen LogP contribution in [0.2, 0.25) is 0 Å². The van der Waals surface area contributed by atoms with Gasteiger partial charge in [0, 0.05) is 6.54 Å². The van der Waals surface area contributed by atoms with Crippen molar-refractivity contribution in [2.75, 3.05) is 6.54 Å². The number of carboxylic acid groups (broad SMARTS) is 1. The third-order valence-electron chi connectivity index (χ3n) is 4.32. The van der Waals surface area contributed by atoms with Crippen molar-refractivity contribution >= 4 is 11.9 Å². The average Bonchev–Trinajstić information content (AvgIpc) is 3.26. The van der Waals surface area contributed by atoms with Gasteiger partial charge in [-0.1, -0.05) is 31.5 Å². The Morgan fingerprint density at radius 3 is 2.59 bits per heavy atom. The van der Waals surface area contributed by atoms with Crippen LogP contribution in [0.25, 0.3) is 0 Å². The van der Waals surface area contributed by atoms with Gasteiger partial charge < -0.3 is 10.4 Å². The molecule has 2 N–H and O–H groups in total. The van der Waals surface area contributed by atoms with Crippen molar-refractivity contribution in [1.29, 1.82) is 0 Å². The number of hydrogen-bond donors (Lipinski definition) is 2. The Hall–Kier alpha value is -1.91. The molecule has 1 aliphatic rings. The van der Waals surface area contributed by atoms with Crippen LogP contribution in [0.5, 0.6) is 0 Å². The van der Waals surface area contributed by atoms with Gasteiger partial charge in [-0.3, -0.25) is 9.59 Å². The van der Waals surface area contributed by atoms with E-state index in [2.05, 4.69) is 5.32 Å². The molecule has 0 spiro atoms. The van der Waals surface area contributed by atoms with Crippen LogP contribution < -0.4 is 5.32 Å². The topological polar surface area (TPSA) is 66.4 Å². The summed E-state index contributed by atoms with van der Waals surface area (Å²) in [6.07, 6.45) is 3.11. The molecule has 1 atom stereocenters. The highest BCUT2D eigenvalue weighted by atomic mass is 19.1. The summed E-state index contributed by atoms with van der Waals surface area (Å²) in [5.74, 6) is -1.90. The van der Waals surface area contributed by atoms with Gasteiger partial charge in [0.05, 0.1) is 11.3 Å². The molecule has 1 aromatic carbocycles. The molecule has 0 saturated heterocycles. The maximum absolute atomic E-state index is 13.7. The number of halogens is 1. The van der Waals surface area contributed by atoms with Crippen molar-refractivity contribution in [3.63, 3.8) is 0 Å². The fraction of sp³-hybridized carbons (Fsp3) is 0.529. The van der Waals surface area contributed by atoms with Gasteiger partial charge in [0.15, 0.2) is 0 Å². The molecule has 1 unspecified atom stereocenters. The van der Waals surface area contributed by atoms with Crippen LogP contribution in [-0.2, 0) is 16.0 Å². The van der Waals surface area contributed by atoms with Gasteiger partial charge in [-0.25, -0.2) is 4.39 Å². The van der Waals surface area contributed by atoms with Gasteiger partial charge in [0.1, 0.15) is 5.82 Å². The summed E-state index contributed by atoms with van der Waals surface area (Å²) in [5, 5.41) is 11.9. The fourth-order valence-electron chi connectivity index (χ4n) is 2.71. The first-order chi connectivity index (χ1) is 10.5. The summed E-state index contributed by atoms with van der Waals surface area (Å²) >= 11 is 0. The summed E-state index contributed by atoms with van der Waals surface area (Å²) < 4.78 is 13.7. The van der Waals surface area contributed by atoms with Gasteiger partial charge >= 0.3 is 5.97 Å². The van der Waals surface area contributed by atoms with Crippen LogP contribution in [0.1, 0.15) is 38.2 Å². The zero-order valence-corrected chi connectivity index (χ0v) is 12.8. The molecule has 2 rings (SSSR count). The number of benzene rings is 1. The predicted molar refractivity (Wildman–Crippen MR) is 80.8 cm³/mol. The van der Waals surface area contributed by atoms with Crippen LogP contribution in [0, 0.1) is 17.2 Å². The summed E-state index contributed by atoms with van der Waals surface area (Å²) in [6, 6.07) is 6.47. The zero-order chi connectivity index (χ0) is 16.2. The lowest BCUT2D eigenvalue weighted by Gasteiger charge is -2.18. The number of rotatable bonds is 8. The monoisotopic (exact) mass is 307 g/mol. The average molecular weight is 307 g/mol. The van der Waals surface area contributed by atoms with E-state index >= 15 is 0 Å². The number of hydrogen-bond acceptors (Lipinski definition) is 2. The maximum atomic E-state index is 13.7. The third kappa shape index (κ3) is 3.84. The SMILES string of the molecule is CCCC(CNC(=O)C1(Cc2ccccc2F)CC1)C(=O)O. The van der Waals surface area contributed by atoms with E-state index in [0.717, 1.165) is 19.3 Å². The Labute approximate surface area is 129 Å². The van der Waals surface area contributed by atoms with Crippen LogP contribution in [0.3, 0.4) is 0 Å². The number of carbonyl (C=O) groups is 2. The number of aliphatic carboxylic acids is 1. The largest absolute Gasteiger partial charge is 0.481 e. The first kappa shape index (κ1) is 16.5. The quantitative estimate of drug-likeness (QED) is 0.776. The van der Waals surface area contributed by atoms with Crippen LogP contribution in [0.4, 0.5) is 4.39 Å². The van der Waals surface area contributed by atoms with E-state index in [4.69, 9.17) is 5.11 Å². The number of carboxylic acids is 1. The van der Waals surface area contributed by atoms with E-state index in [1.54, 1.807) is 18.2 Å². The molecular formula is C17H22FNO3. The molecular weight excluding hydrogens is 285 g/mol. The van der Waals surface area contributed by atoms with E-state index in [-0.39, 0.29) is 18.3 Å². The van der Waals surface area contributed by atoms with Gasteiger partial charge in [-0.05, 0) is 37.3 Å². The Morgan fingerprint density at radius 1 is 1.36 bits per heavy atom. The summed E-state index contributed by atoms with van der Waals surface area (Å²) in [5.41, 5.74) is -0.0178. The second-order valence-electron chi connectivity index (χ2n) is 6.08. The first-order valence-electron chi connectivity index (χ1n) is 7.73. The van der Waals surface area contributed by atoms with Crippen LogP contribution >= 0.6 is 0 Å². The van der Waals surface area contributed by atoms with Gasteiger partial charge in [0.2, 0.25) is 5.91 Å². The molecule has 1 fully saturated rings. The fourth-order valence-corrected chi connectivity index (χ4v) is 2.71. The predicted octanol–water partition coefficient (Wildman–Crippen LogP) is 2.77. The molecule has 0 radical (unpaired) electrons. The Morgan fingerprint density at radius 2 is 2.05 bits per heavy atom. The van der Waals surface area contributed by atoms with Crippen molar-refractivity contribution in [2.24, 2.45) is 11.3 Å².